The molecule has 4 N–H and O–H groups in total. The molecule has 3 atom stereocenters. The van der Waals surface area contributed by atoms with Crippen molar-refractivity contribution in [2.75, 3.05) is 13.1 Å². The van der Waals surface area contributed by atoms with Gasteiger partial charge in [-0.2, -0.15) is 0 Å². The maximum atomic E-state index is 12.3. The van der Waals surface area contributed by atoms with E-state index in [1.807, 2.05) is 29.2 Å². The quantitative estimate of drug-likeness (QED) is 0.735. The van der Waals surface area contributed by atoms with Crippen molar-refractivity contribution in [1.82, 2.24) is 10.2 Å². The van der Waals surface area contributed by atoms with Gasteiger partial charge in [0.2, 0.25) is 5.91 Å². The van der Waals surface area contributed by atoms with E-state index in [9.17, 15) is 14.7 Å². The molecule has 2 amide bonds. The van der Waals surface area contributed by atoms with Crippen LogP contribution in [0.1, 0.15) is 48.0 Å². The van der Waals surface area contributed by atoms with Crippen molar-refractivity contribution in [3.8, 4) is 0 Å². The Morgan fingerprint density at radius 3 is 2.42 bits per heavy atom. The first-order valence-corrected chi connectivity index (χ1v) is 9.14. The van der Waals surface area contributed by atoms with E-state index in [1.54, 1.807) is 0 Å². The molecule has 26 heavy (non-hydrogen) atoms. The molecule has 1 aromatic carbocycles. The van der Waals surface area contributed by atoms with E-state index < -0.39 is 6.10 Å². The number of benzene rings is 1. The Kier molecular flexibility index (Phi) is 7.43. The Labute approximate surface area is 160 Å². The van der Waals surface area contributed by atoms with Gasteiger partial charge in [-0.1, -0.05) is 12.1 Å². The van der Waals surface area contributed by atoms with E-state index in [-0.39, 0.29) is 36.2 Å². The number of carbonyl (C=O) groups excluding carboxylic acids is 2. The van der Waals surface area contributed by atoms with Crippen molar-refractivity contribution >= 4 is 24.2 Å². The molecule has 0 radical (unpaired) electrons. The van der Waals surface area contributed by atoms with E-state index in [0.29, 0.717) is 31.4 Å². The zero-order valence-corrected chi connectivity index (χ0v) is 15.7. The third kappa shape index (κ3) is 4.96. The molecule has 144 valence electrons. The lowest BCUT2D eigenvalue weighted by Crippen LogP contribution is -2.44. The third-order valence-electron chi connectivity index (χ3n) is 5.30. The highest BCUT2D eigenvalue weighted by Crippen LogP contribution is 2.24. The molecule has 0 bridgehead atoms. The van der Waals surface area contributed by atoms with E-state index in [2.05, 4.69) is 5.32 Å². The molecule has 3 rings (SSSR count). The van der Waals surface area contributed by atoms with Gasteiger partial charge in [-0.15, -0.1) is 12.4 Å². The lowest BCUT2D eigenvalue weighted by atomic mass is 9.84. The molecule has 0 spiro atoms. The zero-order chi connectivity index (χ0) is 17.8. The van der Waals surface area contributed by atoms with Crippen molar-refractivity contribution < 1.29 is 14.7 Å². The van der Waals surface area contributed by atoms with Gasteiger partial charge in [0.05, 0.1) is 6.10 Å². The van der Waals surface area contributed by atoms with Gasteiger partial charge in [0.1, 0.15) is 0 Å². The molecular formula is C19H28ClN3O3. The second-order valence-electron chi connectivity index (χ2n) is 7.16. The van der Waals surface area contributed by atoms with Crippen LogP contribution in [0.5, 0.6) is 0 Å². The Balaban J connectivity index is 0.00000243. The average Bonchev–Trinajstić information content (AvgIpc) is 3.16. The molecule has 7 heteroatoms. The molecule has 1 heterocycles. The summed E-state index contributed by atoms with van der Waals surface area (Å²) in [7, 11) is 0. The Hall–Kier alpha value is -1.63. The first-order chi connectivity index (χ1) is 12.0. The molecule has 2 aliphatic rings. The number of rotatable bonds is 4. The van der Waals surface area contributed by atoms with Crippen LogP contribution >= 0.6 is 12.4 Å². The number of aliphatic hydroxyl groups is 1. The minimum Gasteiger partial charge on any atom is -0.391 e. The summed E-state index contributed by atoms with van der Waals surface area (Å²) < 4.78 is 0. The lowest BCUT2D eigenvalue weighted by molar-refractivity contribution is -0.127. The first-order valence-electron chi connectivity index (χ1n) is 9.14. The van der Waals surface area contributed by atoms with Gasteiger partial charge < -0.3 is 21.1 Å². The Morgan fingerprint density at radius 2 is 1.81 bits per heavy atom. The number of halogens is 1. The Morgan fingerprint density at radius 1 is 1.15 bits per heavy atom. The van der Waals surface area contributed by atoms with E-state index in [0.717, 1.165) is 31.5 Å². The van der Waals surface area contributed by atoms with Gasteiger partial charge in [0.25, 0.3) is 5.91 Å². The normalized spacial score (nSPS) is 25.5. The molecule has 1 aliphatic carbocycles. The van der Waals surface area contributed by atoms with Crippen LogP contribution in [0.4, 0.5) is 0 Å². The van der Waals surface area contributed by atoms with Crippen LogP contribution in [0.3, 0.4) is 0 Å². The van der Waals surface area contributed by atoms with Crippen LogP contribution in [0.15, 0.2) is 24.3 Å². The standard InChI is InChI=1S/C19H27N3O3.ClH/c20-16-8-7-15(11-17(16)23)18(24)21-12-13-3-5-14(6-4-13)19(25)22-9-1-2-10-22;/h3-6,15-17,23H,1-2,7-12,20H2,(H,21,24);1H/t15-,16-,17-;/m0./s1. The second kappa shape index (κ2) is 9.35. The molecule has 0 aromatic heterocycles. The molecular weight excluding hydrogens is 354 g/mol. The van der Waals surface area contributed by atoms with E-state index >= 15 is 0 Å². The molecule has 1 aromatic rings. The van der Waals surface area contributed by atoms with Crippen LogP contribution < -0.4 is 11.1 Å². The third-order valence-corrected chi connectivity index (χ3v) is 5.30. The van der Waals surface area contributed by atoms with Gasteiger partial charge >= 0.3 is 0 Å². The summed E-state index contributed by atoms with van der Waals surface area (Å²) in [5.74, 6) is -0.130. The fourth-order valence-corrected chi connectivity index (χ4v) is 3.61. The number of nitrogens with two attached hydrogens (primary N) is 1. The number of amides is 2. The molecule has 2 fully saturated rings. The number of nitrogens with one attached hydrogen (secondary N) is 1. The first kappa shape index (κ1) is 20.7. The average molecular weight is 382 g/mol. The number of likely N-dealkylation sites (tertiary alicyclic amines) is 1. The number of aliphatic hydroxyl groups excluding tert-OH is 1. The molecule has 1 saturated heterocycles. The van der Waals surface area contributed by atoms with E-state index in [1.165, 1.54) is 0 Å². The van der Waals surface area contributed by atoms with Crippen molar-refractivity contribution in [3.05, 3.63) is 35.4 Å². The summed E-state index contributed by atoms with van der Waals surface area (Å²) >= 11 is 0. The van der Waals surface area contributed by atoms with Gasteiger partial charge in [-0.3, -0.25) is 9.59 Å². The van der Waals surface area contributed by atoms with Crippen LogP contribution in [-0.4, -0.2) is 47.1 Å². The van der Waals surface area contributed by atoms with Crippen molar-refractivity contribution in [1.29, 1.82) is 0 Å². The van der Waals surface area contributed by atoms with Crippen molar-refractivity contribution in [2.24, 2.45) is 11.7 Å². The summed E-state index contributed by atoms with van der Waals surface area (Å²) in [4.78, 5) is 26.4. The highest BCUT2D eigenvalue weighted by Gasteiger charge is 2.30. The summed E-state index contributed by atoms with van der Waals surface area (Å²) in [6.45, 7) is 2.11. The second-order valence-corrected chi connectivity index (χ2v) is 7.16. The minimum atomic E-state index is -0.597. The fourth-order valence-electron chi connectivity index (χ4n) is 3.61. The van der Waals surface area contributed by atoms with Crippen LogP contribution in [0.25, 0.3) is 0 Å². The number of carbonyl (C=O) groups is 2. The summed E-state index contributed by atoms with van der Waals surface area (Å²) in [6, 6.07) is 7.20. The summed E-state index contributed by atoms with van der Waals surface area (Å²) in [5.41, 5.74) is 7.43. The number of nitrogens with zero attached hydrogens (tertiary/aromatic N) is 1. The predicted molar refractivity (Wildman–Crippen MR) is 102 cm³/mol. The largest absolute Gasteiger partial charge is 0.391 e. The van der Waals surface area contributed by atoms with Crippen LogP contribution in [0.2, 0.25) is 0 Å². The highest BCUT2D eigenvalue weighted by atomic mass is 35.5. The van der Waals surface area contributed by atoms with Gasteiger partial charge in [-0.05, 0) is 49.8 Å². The molecule has 0 unspecified atom stereocenters. The number of hydrogen-bond donors (Lipinski definition) is 3. The van der Waals surface area contributed by atoms with Crippen molar-refractivity contribution in [2.45, 2.75) is 50.8 Å². The summed E-state index contributed by atoms with van der Waals surface area (Å²) in [5, 5.41) is 12.7. The summed E-state index contributed by atoms with van der Waals surface area (Å²) in [6.07, 6.45) is 3.38. The smallest absolute Gasteiger partial charge is 0.253 e. The van der Waals surface area contributed by atoms with Gasteiger partial charge in [0.15, 0.2) is 0 Å². The minimum absolute atomic E-state index is 0. The van der Waals surface area contributed by atoms with Gasteiger partial charge in [0, 0.05) is 37.2 Å². The molecule has 1 aliphatic heterocycles. The highest BCUT2D eigenvalue weighted by molar-refractivity contribution is 5.94. The monoisotopic (exact) mass is 381 g/mol. The topological polar surface area (TPSA) is 95.7 Å². The van der Waals surface area contributed by atoms with Gasteiger partial charge in [-0.25, -0.2) is 0 Å². The van der Waals surface area contributed by atoms with Crippen molar-refractivity contribution in [3.63, 3.8) is 0 Å². The maximum Gasteiger partial charge on any atom is 0.253 e. The predicted octanol–water partition coefficient (Wildman–Crippen LogP) is 1.45. The SMILES string of the molecule is Cl.N[C@H]1CC[C@H](C(=O)NCc2ccc(C(=O)N3CCCC3)cc2)C[C@@H]1O. The maximum absolute atomic E-state index is 12.3. The van der Waals surface area contributed by atoms with Crippen LogP contribution in [0, 0.1) is 5.92 Å². The molecule has 6 nitrogen and oxygen atoms in total. The molecule has 1 saturated carbocycles. The van der Waals surface area contributed by atoms with E-state index in [4.69, 9.17) is 5.73 Å². The Bertz CT molecular complexity index is 617. The zero-order valence-electron chi connectivity index (χ0n) is 14.9. The number of hydrogen-bond acceptors (Lipinski definition) is 4. The lowest BCUT2D eigenvalue weighted by Gasteiger charge is -2.29. The fraction of sp³-hybridized carbons (Fsp3) is 0.579. The van der Waals surface area contributed by atoms with Crippen LogP contribution in [-0.2, 0) is 11.3 Å².